The Morgan fingerprint density at radius 3 is 2.86 bits per heavy atom. The quantitative estimate of drug-likeness (QED) is 0.525. The van der Waals surface area contributed by atoms with Crippen LogP contribution in [0.15, 0.2) is 42.5 Å². The third-order valence-electron chi connectivity index (χ3n) is 8.55. The molecular weight excluding hydrogens is 264 g/mol. The lowest BCUT2D eigenvalue weighted by molar-refractivity contribution is 0.0316. The number of benzene rings is 1. The lowest BCUT2D eigenvalue weighted by atomic mass is 9.58. The number of hydrogen-bond donors (Lipinski definition) is 0. The summed E-state index contributed by atoms with van der Waals surface area (Å²) in [6.45, 7) is 0. The first kappa shape index (κ1) is 12.4. The van der Waals surface area contributed by atoms with Gasteiger partial charge in [0.1, 0.15) is 0 Å². The molecular formula is C22H26. The van der Waals surface area contributed by atoms with E-state index in [2.05, 4.69) is 42.5 Å². The molecule has 0 saturated heterocycles. The van der Waals surface area contributed by atoms with Crippen LogP contribution in [0.1, 0.15) is 37.7 Å². The molecule has 0 aromatic heterocycles. The summed E-state index contributed by atoms with van der Waals surface area (Å²) in [5.74, 6) is 7.44. The van der Waals surface area contributed by atoms with Crippen LogP contribution < -0.4 is 0 Å². The van der Waals surface area contributed by atoms with E-state index in [-0.39, 0.29) is 0 Å². The molecule has 5 aliphatic carbocycles. The number of rotatable bonds is 2. The van der Waals surface area contributed by atoms with Crippen molar-refractivity contribution >= 4 is 0 Å². The number of allylic oxidation sites excluding steroid dienone is 2. The molecule has 114 valence electrons. The van der Waals surface area contributed by atoms with Crippen molar-refractivity contribution in [2.24, 2.45) is 46.8 Å². The van der Waals surface area contributed by atoms with Gasteiger partial charge in [-0.05, 0) is 90.9 Å². The van der Waals surface area contributed by atoms with E-state index in [1.54, 1.807) is 24.8 Å². The highest BCUT2D eigenvalue weighted by Crippen LogP contribution is 2.76. The lowest BCUT2D eigenvalue weighted by Crippen LogP contribution is -2.41. The van der Waals surface area contributed by atoms with Crippen molar-refractivity contribution in [3.63, 3.8) is 0 Å². The van der Waals surface area contributed by atoms with Crippen molar-refractivity contribution in [1.29, 1.82) is 0 Å². The molecule has 0 aliphatic heterocycles. The van der Waals surface area contributed by atoms with Crippen LogP contribution >= 0.6 is 0 Å². The molecule has 0 spiro atoms. The zero-order valence-electron chi connectivity index (χ0n) is 13.3. The van der Waals surface area contributed by atoms with E-state index in [1.807, 2.05) is 0 Å². The van der Waals surface area contributed by atoms with Crippen LogP contribution in [0.3, 0.4) is 0 Å². The maximum absolute atomic E-state index is 2.61. The van der Waals surface area contributed by atoms with E-state index in [9.17, 15) is 0 Å². The minimum atomic E-state index is 0.684. The predicted molar refractivity (Wildman–Crippen MR) is 89.2 cm³/mol. The van der Waals surface area contributed by atoms with Gasteiger partial charge in [-0.2, -0.15) is 0 Å². The molecule has 4 bridgehead atoms. The fraction of sp³-hybridized carbons (Fsp3) is 0.636. The van der Waals surface area contributed by atoms with E-state index < -0.39 is 0 Å². The van der Waals surface area contributed by atoms with Gasteiger partial charge in [0.05, 0.1) is 0 Å². The van der Waals surface area contributed by atoms with Crippen molar-refractivity contribution in [3.8, 4) is 0 Å². The monoisotopic (exact) mass is 290 g/mol. The normalized spacial score (nSPS) is 53.2. The molecule has 5 aliphatic rings. The molecule has 4 fully saturated rings. The molecule has 6 rings (SSSR count). The highest BCUT2D eigenvalue weighted by Gasteiger charge is 2.69. The van der Waals surface area contributed by atoms with Gasteiger partial charge in [-0.25, -0.2) is 0 Å². The Labute approximate surface area is 134 Å². The Balaban J connectivity index is 1.39. The fourth-order valence-corrected chi connectivity index (χ4v) is 8.25. The summed E-state index contributed by atoms with van der Waals surface area (Å²) >= 11 is 0. The molecule has 22 heavy (non-hydrogen) atoms. The molecule has 0 radical (unpaired) electrons. The van der Waals surface area contributed by atoms with E-state index in [1.165, 1.54) is 19.3 Å². The van der Waals surface area contributed by atoms with Crippen LogP contribution in [0, 0.1) is 46.8 Å². The van der Waals surface area contributed by atoms with Crippen LogP contribution in [-0.2, 0) is 6.42 Å². The zero-order valence-corrected chi connectivity index (χ0v) is 13.3. The Bertz CT molecular complexity index is 629. The van der Waals surface area contributed by atoms with Crippen molar-refractivity contribution in [3.05, 3.63) is 48.0 Å². The lowest BCUT2D eigenvalue weighted by Gasteiger charge is -2.46. The number of fused-ring (bicyclic) bond motifs is 12. The van der Waals surface area contributed by atoms with Gasteiger partial charge < -0.3 is 0 Å². The Morgan fingerprint density at radius 2 is 1.95 bits per heavy atom. The van der Waals surface area contributed by atoms with E-state index in [0.29, 0.717) is 5.41 Å². The van der Waals surface area contributed by atoms with Gasteiger partial charge >= 0.3 is 0 Å². The highest BCUT2D eigenvalue weighted by atomic mass is 14.7. The van der Waals surface area contributed by atoms with Crippen molar-refractivity contribution < 1.29 is 0 Å². The molecule has 4 saturated carbocycles. The van der Waals surface area contributed by atoms with Crippen LogP contribution in [0.2, 0.25) is 0 Å². The van der Waals surface area contributed by atoms with Gasteiger partial charge in [-0.3, -0.25) is 0 Å². The van der Waals surface area contributed by atoms with Gasteiger partial charge in [-0.1, -0.05) is 42.5 Å². The first-order valence-electron chi connectivity index (χ1n) is 9.56. The third-order valence-corrected chi connectivity index (χ3v) is 8.55. The molecule has 0 amide bonds. The zero-order chi connectivity index (χ0) is 14.3. The summed E-state index contributed by atoms with van der Waals surface area (Å²) in [4.78, 5) is 0. The Morgan fingerprint density at radius 1 is 1.05 bits per heavy atom. The first-order valence-corrected chi connectivity index (χ1v) is 9.56. The second-order valence-electron chi connectivity index (χ2n) is 9.10. The Kier molecular flexibility index (Phi) is 2.30. The predicted octanol–water partition coefficient (Wildman–Crippen LogP) is 5.10. The summed E-state index contributed by atoms with van der Waals surface area (Å²) in [5, 5.41) is 0. The third kappa shape index (κ3) is 1.36. The molecule has 8 unspecified atom stereocenters. The van der Waals surface area contributed by atoms with Crippen LogP contribution in [0.4, 0.5) is 0 Å². The molecule has 0 N–H and O–H groups in total. The molecule has 0 heteroatoms. The summed E-state index contributed by atoms with van der Waals surface area (Å²) in [6, 6.07) is 11.4. The topological polar surface area (TPSA) is 0 Å². The minimum Gasteiger partial charge on any atom is -0.0879 e. The first-order chi connectivity index (χ1) is 10.9. The largest absolute Gasteiger partial charge is 0.0879 e. The van der Waals surface area contributed by atoms with Crippen molar-refractivity contribution in [1.82, 2.24) is 0 Å². The summed E-state index contributed by atoms with van der Waals surface area (Å²) in [7, 11) is 0. The minimum absolute atomic E-state index is 0.684. The second-order valence-corrected chi connectivity index (χ2v) is 9.10. The van der Waals surface area contributed by atoms with Gasteiger partial charge in [0.25, 0.3) is 0 Å². The van der Waals surface area contributed by atoms with E-state index in [4.69, 9.17) is 0 Å². The number of hydrogen-bond acceptors (Lipinski definition) is 0. The standard InChI is InChI=1S/C22H26/c1-2-5-14(6-3-1)12-22-10-9-15(13-22)20-18-11-19(21(20)22)17-8-4-7-16(17)18/h1-7,15-21H,8-13H2. The van der Waals surface area contributed by atoms with E-state index >= 15 is 0 Å². The highest BCUT2D eigenvalue weighted by molar-refractivity contribution is 5.26. The van der Waals surface area contributed by atoms with Crippen LogP contribution in [0.5, 0.6) is 0 Å². The van der Waals surface area contributed by atoms with Crippen LogP contribution in [0.25, 0.3) is 0 Å². The molecule has 0 nitrogen and oxygen atoms in total. The van der Waals surface area contributed by atoms with E-state index in [0.717, 1.165) is 41.4 Å². The second kappa shape index (κ2) is 4.08. The fourth-order valence-electron chi connectivity index (χ4n) is 8.25. The van der Waals surface area contributed by atoms with Crippen molar-refractivity contribution in [2.75, 3.05) is 0 Å². The smallest absolute Gasteiger partial charge is 0.0168 e. The maximum atomic E-state index is 2.61. The van der Waals surface area contributed by atoms with Gasteiger partial charge in [0.15, 0.2) is 0 Å². The Hall–Kier alpha value is -1.04. The summed E-state index contributed by atoms with van der Waals surface area (Å²) in [5.41, 5.74) is 2.29. The van der Waals surface area contributed by atoms with Crippen LogP contribution in [-0.4, -0.2) is 0 Å². The average molecular weight is 290 g/mol. The van der Waals surface area contributed by atoms with Gasteiger partial charge in [-0.15, -0.1) is 0 Å². The molecule has 0 heterocycles. The summed E-state index contributed by atoms with van der Waals surface area (Å²) in [6.07, 6.45) is 14.1. The maximum Gasteiger partial charge on any atom is -0.0168 e. The van der Waals surface area contributed by atoms with Gasteiger partial charge in [0.2, 0.25) is 0 Å². The average Bonchev–Trinajstić information content (AvgIpc) is 3.30. The summed E-state index contributed by atoms with van der Waals surface area (Å²) < 4.78 is 0. The molecule has 8 atom stereocenters. The van der Waals surface area contributed by atoms with Gasteiger partial charge in [0, 0.05) is 0 Å². The van der Waals surface area contributed by atoms with Crippen molar-refractivity contribution in [2.45, 2.75) is 38.5 Å². The SMILES string of the molecule is C1=CC2C(C1)C1CC2C2C3CCC(Cc4ccccc4)(C3)C12. The molecule has 1 aromatic rings. The molecule has 1 aromatic carbocycles.